The number of nitrogens with zero attached hydrogens (tertiary/aromatic N) is 3. The molecule has 0 saturated carbocycles. The van der Waals surface area contributed by atoms with Gasteiger partial charge in [-0.25, -0.2) is 4.98 Å². The van der Waals surface area contributed by atoms with Gasteiger partial charge >= 0.3 is 0 Å². The lowest BCUT2D eigenvalue weighted by molar-refractivity contribution is 0.113. The van der Waals surface area contributed by atoms with E-state index in [-0.39, 0.29) is 0 Å². The van der Waals surface area contributed by atoms with Crippen LogP contribution in [0, 0.1) is 5.92 Å². The summed E-state index contributed by atoms with van der Waals surface area (Å²) in [6, 6.07) is 4.99. The standard InChI is InChI=1S/C19H27N3OS/c1-2-3-18-6-7-19(23-18)12-22-9-15-4-5-17(22)11-21(8-15)10-16-13-24-14-20-16/h6-7,13-15,17H,2-5,8-12H2,1H3/t15-,17+/m0/s1. The van der Waals surface area contributed by atoms with E-state index in [1.54, 1.807) is 11.3 Å². The van der Waals surface area contributed by atoms with Crippen LogP contribution in [0.3, 0.4) is 0 Å². The lowest BCUT2D eigenvalue weighted by atomic mass is 9.95. The van der Waals surface area contributed by atoms with Crippen LogP contribution in [0.4, 0.5) is 0 Å². The predicted octanol–water partition coefficient (Wildman–Crippen LogP) is 3.79. The third-order valence-corrected chi connectivity index (χ3v) is 5.98. The largest absolute Gasteiger partial charge is 0.465 e. The number of aromatic nitrogens is 1. The predicted molar refractivity (Wildman–Crippen MR) is 97.0 cm³/mol. The van der Waals surface area contributed by atoms with Gasteiger partial charge < -0.3 is 4.42 Å². The highest BCUT2D eigenvalue weighted by Crippen LogP contribution is 2.30. The summed E-state index contributed by atoms with van der Waals surface area (Å²) in [5, 5.41) is 2.18. The van der Waals surface area contributed by atoms with E-state index in [1.165, 1.54) is 31.6 Å². The van der Waals surface area contributed by atoms with Gasteiger partial charge in [0.25, 0.3) is 0 Å². The number of furan rings is 1. The van der Waals surface area contributed by atoms with Crippen LogP contribution >= 0.6 is 11.3 Å². The number of thiazole rings is 1. The molecule has 0 amide bonds. The minimum absolute atomic E-state index is 0.655. The molecule has 4 nitrogen and oxygen atoms in total. The van der Waals surface area contributed by atoms with Crippen LogP contribution in [0.5, 0.6) is 0 Å². The summed E-state index contributed by atoms with van der Waals surface area (Å²) >= 11 is 1.70. The first-order chi connectivity index (χ1) is 11.8. The number of piperidine rings is 1. The summed E-state index contributed by atoms with van der Waals surface area (Å²) in [6.07, 6.45) is 4.88. The Kier molecular flexibility index (Phi) is 5.01. The zero-order valence-corrected chi connectivity index (χ0v) is 15.3. The normalized spacial score (nSPS) is 25.2. The molecule has 3 saturated heterocycles. The fourth-order valence-electron chi connectivity index (χ4n) is 4.23. The second-order valence-corrected chi connectivity index (χ2v) is 8.04. The molecule has 0 aliphatic carbocycles. The van der Waals surface area contributed by atoms with Crippen LogP contribution in [0.25, 0.3) is 0 Å². The molecule has 5 heteroatoms. The van der Waals surface area contributed by atoms with E-state index in [4.69, 9.17) is 4.42 Å². The molecule has 2 bridgehead atoms. The Bertz CT molecular complexity index is 639. The van der Waals surface area contributed by atoms with Gasteiger partial charge in [-0.1, -0.05) is 6.92 Å². The molecule has 0 aromatic carbocycles. The summed E-state index contributed by atoms with van der Waals surface area (Å²) < 4.78 is 6.02. The molecule has 2 atom stereocenters. The van der Waals surface area contributed by atoms with Crippen molar-refractivity contribution in [2.75, 3.05) is 19.6 Å². The van der Waals surface area contributed by atoms with E-state index >= 15 is 0 Å². The Morgan fingerprint density at radius 3 is 2.92 bits per heavy atom. The molecule has 0 N–H and O–H groups in total. The molecule has 5 heterocycles. The van der Waals surface area contributed by atoms with E-state index in [1.807, 2.05) is 5.51 Å². The lowest BCUT2D eigenvalue weighted by Gasteiger charge is -2.35. The van der Waals surface area contributed by atoms with E-state index in [9.17, 15) is 0 Å². The maximum atomic E-state index is 6.02. The van der Waals surface area contributed by atoms with Crippen molar-refractivity contribution in [3.05, 3.63) is 40.2 Å². The van der Waals surface area contributed by atoms with E-state index in [0.29, 0.717) is 6.04 Å². The van der Waals surface area contributed by atoms with Crippen molar-refractivity contribution in [2.24, 2.45) is 5.92 Å². The Morgan fingerprint density at radius 1 is 1.17 bits per heavy atom. The zero-order valence-electron chi connectivity index (χ0n) is 14.5. The molecule has 3 aliphatic rings. The van der Waals surface area contributed by atoms with Crippen molar-refractivity contribution in [1.29, 1.82) is 0 Å². The second kappa shape index (κ2) is 7.38. The molecule has 2 aromatic heterocycles. The van der Waals surface area contributed by atoms with Gasteiger partial charge in [0.05, 0.1) is 17.7 Å². The SMILES string of the molecule is CCCc1ccc(CN2C[C@H]3CC[C@@H]2CN(Cc2cscn2)C3)o1. The fourth-order valence-corrected chi connectivity index (χ4v) is 4.78. The van der Waals surface area contributed by atoms with Crippen LogP contribution in [0.1, 0.15) is 43.4 Å². The molecule has 2 aromatic rings. The van der Waals surface area contributed by atoms with Crippen molar-refractivity contribution in [3.63, 3.8) is 0 Å². The highest BCUT2D eigenvalue weighted by atomic mass is 32.1. The first-order valence-corrected chi connectivity index (χ1v) is 10.2. The molecule has 0 radical (unpaired) electrons. The average molecular weight is 346 g/mol. The molecule has 0 spiro atoms. The van der Waals surface area contributed by atoms with E-state index in [2.05, 4.69) is 39.2 Å². The van der Waals surface area contributed by atoms with Crippen LogP contribution in [0.2, 0.25) is 0 Å². The Balaban J connectivity index is 1.40. The smallest absolute Gasteiger partial charge is 0.118 e. The first-order valence-electron chi connectivity index (χ1n) is 9.21. The van der Waals surface area contributed by atoms with Crippen molar-refractivity contribution < 1.29 is 4.42 Å². The lowest BCUT2D eigenvalue weighted by Crippen LogP contribution is -2.43. The molecule has 5 rings (SSSR count). The van der Waals surface area contributed by atoms with Gasteiger partial charge in [0.15, 0.2) is 0 Å². The van der Waals surface area contributed by atoms with Crippen molar-refractivity contribution in [2.45, 2.75) is 51.7 Å². The van der Waals surface area contributed by atoms with Gasteiger partial charge in [0, 0.05) is 44.0 Å². The molecule has 3 fully saturated rings. The van der Waals surface area contributed by atoms with Gasteiger partial charge in [0.2, 0.25) is 0 Å². The van der Waals surface area contributed by atoms with Gasteiger partial charge in [-0.3, -0.25) is 9.80 Å². The highest BCUT2D eigenvalue weighted by Gasteiger charge is 2.35. The summed E-state index contributed by atoms with van der Waals surface area (Å²) in [4.78, 5) is 9.74. The van der Waals surface area contributed by atoms with E-state index < -0.39 is 0 Å². The quantitative estimate of drug-likeness (QED) is 0.797. The molecule has 3 aliphatic heterocycles. The van der Waals surface area contributed by atoms with Crippen LogP contribution in [-0.2, 0) is 19.5 Å². The first kappa shape index (κ1) is 16.3. The van der Waals surface area contributed by atoms with E-state index in [0.717, 1.165) is 49.9 Å². The maximum absolute atomic E-state index is 6.02. The van der Waals surface area contributed by atoms with Gasteiger partial charge in [0.1, 0.15) is 11.5 Å². The van der Waals surface area contributed by atoms with Crippen molar-refractivity contribution in [1.82, 2.24) is 14.8 Å². The third kappa shape index (κ3) is 3.73. The summed E-state index contributed by atoms with van der Waals surface area (Å²) in [7, 11) is 0. The zero-order chi connectivity index (χ0) is 16.4. The molecule has 24 heavy (non-hydrogen) atoms. The Hall–Kier alpha value is -1.17. The van der Waals surface area contributed by atoms with Crippen molar-refractivity contribution >= 4 is 11.3 Å². The van der Waals surface area contributed by atoms with Crippen LogP contribution < -0.4 is 0 Å². The average Bonchev–Trinajstić information content (AvgIpc) is 3.15. The van der Waals surface area contributed by atoms with Gasteiger partial charge in [-0.05, 0) is 37.3 Å². The van der Waals surface area contributed by atoms with Crippen LogP contribution in [0.15, 0.2) is 27.4 Å². The minimum atomic E-state index is 0.655. The number of hydrogen-bond acceptors (Lipinski definition) is 5. The summed E-state index contributed by atoms with van der Waals surface area (Å²) in [6.45, 7) is 7.76. The number of fused-ring (bicyclic) bond motifs is 4. The van der Waals surface area contributed by atoms with Crippen LogP contribution in [-0.4, -0.2) is 40.5 Å². The minimum Gasteiger partial charge on any atom is -0.465 e. The highest BCUT2D eigenvalue weighted by molar-refractivity contribution is 7.07. The molecular weight excluding hydrogens is 318 g/mol. The maximum Gasteiger partial charge on any atom is 0.118 e. The summed E-state index contributed by atoms with van der Waals surface area (Å²) in [5.41, 5.74) is 3.17. The Labute approximate surface area is 148 Å². The number of rotatable bonds is 6. The monoisotopic (exact) mass is 345 g/mol. The molecule has 0 unspecified atom stereocenters. The van der Waals surface area contributed by atoms with Gasteiger partial charge in [-0.2, -0.15) is 0 Å². The molecular formula is C19H27N3OS. The van der Waals surface area contributed by atoms with Gasteiger partial charge in [-0.15, -0.1) is 11.3 Å². The third-order valence-electron chi connectivity index (χ3n) is 5.34. The van der Waals surface area contributed by atoms with Crippen molar-refractivity contribution in [3.8, 4) is 0 Å². The second-order valence-electron chi connectivity index (χ2n) is 7.32. The Morgan fingerprint density at radius 2 is 2.08 bits per heavy atom. The number of hydrogen-bond donors (Lipinski definition) is 0. The summed E-state index contributed by atoms with van der Waals surface area (Å²) in [5.74, 6) is 3.06. The molecule has 130 valence electrons. The number of aryl methyl sites for hydroxylation is 1. The topological polar surface area (TPSA) is 32.5 Å². The fraction of sp³-hybridized carbons (Fsp3) is 0.632.